The summed E-state index contributed by atoms with van der Waals surface area (Å²) in [6.07, 6.45) is 4.16. The van der Waals surface area contributed by atoms with E-state index in [-0.39, 0.29) is 5.82 Å². The second-order valence-electron chi connectivity index (χ2n) is 4.30. The van der Waals surface area contributed by atoms with E-state index in [2.05, 4.69) is 5.32 Å². The van der Waals surface area contributed by atoms with Crippen LogP contribution < -0.4 is 5.32 Å². The standard InChI is InChI=1S/C14H22FN/c1-4-13-10-12(7-5-6-8-16-3)9-11(2)14(13)15/h9-10,16H,4-8H2,1-3H3. The zero-order chi connectivity index (χ0) is 12.0. The Morgan fingerprint density at radius 2 is 2.00 bits per heavy atom. The second-order valence-corrected chi connectivity index (χ2v) is 4.30. The van der Waals surface area contributed by atoms with Crippen LogP contribution in [0.15, 0.2) is 12.1 Å². The topological polar surface area (TPSA) is 12.0 Å². The number of hydrogen-bond donors (Lipinski definition) is 1. The first kappa shape index (κ1) is 13.2. The van der Waals surface area contributed by atoms with Crippen LogP contribution in [0.5, 0.6) is 0 Å². The summed E-state index contributed by atoms with van der Waals surface area (Å²) in [4.78, 5) is 0. The third kappa shape index (κ3) is 3.60. The summed E-state index contributed by atoms with van der Waals surface area (Å²) in [5.41, 5.74) is 2.90. The molecule has 0 spiro atoms. The molecule has 16 heavy (non-hydrogen) atoms. The zero-order valence-corrected chi connectivity index (χ0v) is 10.6. The number of rotatable bonds is 6. The molecule has 1 aromatic rings. The monoisotopic (exact) mass is 223 g/mol. The molecule has 0 bridgehead atoms. The lowest BCUT2D eigenvalue weighted by molar-refractivity contribution is 0.600. The van der Waals surface area contributed by atoms with Crippen LogP contribution in [0, 0.1) is 12.7 Å². The van der Waals surface area contributed by atoms with Gasteiger partial charge in [0.2, 0.25) is 0 Å². The lowest BCUT2D eigenvalue weighted by atomic mass is 10.00. The van der Waals surface area contributed by atoms with E-state index in [9.17, 15) is 4.39 Å². The molecule has 0 heterocycles. The maximum absolute atomic E-state index is 13.6. The smallest absolute Gasteiger partial charge is 0.129 e. The average Bonchev–Trinajstić information content (AvgIpc) is 2.29. The van der Waals surface area contributed by atoms with Crippen molar-refractivity contribution in [2.75, 3.05) is 13.6 Å². The van der Waals surface area contributed by atoms with Gasteiger partial charge in [-0.3, -0.25) is 0 Å². The van der Waals surface area contributed by atoms with Crippen LogP contribution in [0.25, 0.3) is 0 Å². The lowest BCUT2D eigenvalue weighted by Crippen LogP contribution is -2.07. The van der Waals surface area contributed by atoms with Crippen LogP contribution in [0.4, 0.5) is 4.39 Å². The number of benzene rings is 1. The molecule has 0 unspecified atom stereocenters. The average molecular weight is 223 g/mol. The summed E-state index contributed by atoms with van der Waals surface area (Å²) < 4.78 is 13.6. The molecule has 0 atom stereocenters. The molecule has 0 aliphatic heterocycles. The van der Waals surface area contributed by atoms with Gasteiger partial charge in [-0.05, 0) is 62.9 Å². The van der Waals surface area contributed by atoms with Gasteiger partial charge in [0.15, 0.2) is 0 Å². The third-order valence-electron chi connectivity index (χ3n) is 2.91. The molecule has 1 rings (SSSR count). The van der Waals surface area contributed by atoms with Gasteiger partial charge in [-0.15, -0.1) is 0 Å². The zero-order valence-electron chi connectivity index (χ0n) is 10.6. The molecular formula is C14H22FN. The van der Waals surface area contributed by atoms with Gasteiger partial charge in [0, 0.05) is 0 Å². The van der Waals surface area contributed by atoms with Crippen molar-refractivity contribution >= 4 is 0 Å². The van der Waals surface area contributed by atoms with Crippen LogP contribution >= 0.6 is 0 Å². The molecule has 0 saturated carbocycles. The van der Waals surface area contributed by atoms with E-state index < -0.39 is 0 Å². The first-order valence-electron chi connectivity index (χ1n) is 6.11. The van der Waals surface area contributed by atoms with Gasteiger partial charge in [-0.25, -0.2) is 4.39 Å². The lowest BCUT2D eigenvalue weighted by Gasteiger charge is -2.08. The van der Waals surface area contributed by atoms with Crippen LogP contribution in [-0.2, 0) is 12.8 Å². The summed E-state index contributed by atoms with van der Waals surface area (Å²) in [5, 5.41) is 3.14. The molecule has 0 amide bonds. The molecule has 0 saturated heterocycles. The van der Waals surface area contributed by atoms with Gasteiger partial charge in [0.1, 0.15) is 5.82 Å². The molecule has 0 radical (unpaired) electrons. The van der Waals surface area contributed by atoms with Crippen LogP contribution in [0.2, 0.25) is 0 Å². The van der Waals surface area contributed by atoms with E-state index in [4.69, 9.17) is 0 Å². The number of aryl methyl sites for hydroxylation is 3. The van der Waals surface area contributed by atoms with Crippen LogP contribution in [0.3, 0.4) is 0 Å². The number of halogens is 1. The van der Waals surface area contributed by atoms with Crippen LogP contribution in [0.1, 0.15) is 36.5 Å². The van der Waals surface area contributed by atoms with Gasteiger partial charge in [0.25, 0.3) is 0 Å². The number of hydrogen-bond acceptors (Lipinski definition) is 1. The van der Waals surface area contributed by atoms with Crippen molar-refractivity contribution < 1.29 is 4.39 Å². The van der Waals surface area contributed by atoms with Gasteiger partial charge in [-0.1, -0.05) is 19.1 Å². The molecule has 0 aliphatic carbocycles. The van der Waals surface area contributed by atoms with Gasteiger partial charge in [0.05, 0.1) is 0 Å². The SMILES string of the molecule is CCc1cc(CCCCNC)cc(C)c1F. The molecular weight excluding hydrogens is 201 g/mol. The van der Waals surface area contributed by atoms with Gasteiger partial charge in [-0.2, -0.15) is 0 Å². The summed E-state index contributed by atoms with van der Waals surface area (Å²) >= 11 is 0. The Bertz CT molecular complexity index is 334. The Morgan fingerprint density at radius 1 is 1.25 bits per heavy atom. The molecule has 1 aromatic carbocycles. The molecule has 2 heteroatoms. The minimum atomic E-state index is -0.0264. The van der Waals surface area contributed by atoms with Crippen molar-refractivity contribution in [1.29, 1.82) is 0 Å². The Balaban J connectivity index is 2.63. The van der Waals surface area contributed by atoms with Crippen molar-refractivity contribution in [3.05, 3.63) is 34.6 Å². The van der Waals surface area contributed by atoms with Crippen molar-refractivity contribution in [2.45, 2.75) is 39.5 Å². The number of unbranched alkanes of at least 4 members (excludes halogenated alkanes) is 1. The quantitative estimate of drug-likeness (QED) is 0.730. The summed E-state index contributed by atoms with van der Waals surface area (Å²) in [6.45, 7) is 4.91. The summed E-state index contributed by atoms with van der Waals surface area (Å²) in [7, 11) is 1.97. The van der Waals surface area contributed by atoms with E-state index in [1.54, 1.807) is 0 Å². The number of nitrogens with one attached hydrogen (secondary N) is 1. The van der Waals surface area contributed by atoms with Crippen molar-refractivity contribution in [3.8, 4) is 0 Å². The molecule has 0 aromatic heterocycles. The predicted octanol–water partition coefficient (Wildman–Crippen LogP) is 3.24. The Labute approximate surface area is 98.1 Å². The highest BCUT2D eigenvalue weighted by Crippen LogP contribution is 2.17. The normalized spacial score (nSPS) is 10.8. The third-order valence-corrected chi connectivity index (χ3v) is 2.91. The highest BCUT2D eigenvalue weighted by atomic mass is 19.1. The van der Waals surface area contributed by atoms with E-state index >= 15 is 0 Å². The minimum absolute atomic E-state index is 0.0264. The molecule has 90 valence electrons. The molecule has 1 N–H and O–H groups in total. The molecule has 0 aliphatic rings. The maximum atomic E-state index is 13.6. The summed E-state index contributed by atoms with van der Waals surface area (Å²) in [6, 6.07) is 4.00. The fraction of sp³-hybridized carbons (Fsp3) is 0.571. The van der Waals surface area contributed by atoms with Crippen molar-refractivity contribution in [1.82, 2.24) is 5.32 Å². The first-order chi connectivity index (χ1) is 7.69. The molecule has 0 fully saturated rings. The fourth-order valence-electron chi connectivity index (χ4n) is 1.96. The minimum Gasteiger partial charge on any atom is -0.320 e. The Morgan fingerprint density at radius 3 is 2.62 bits per heavy atom. The van der Waals surface area contributed by atoms with Gasteiger partial charge < -0.3 is 5.32 Å². The van der Waals surface area contributed by atoms with E-state index in [1.165, 1.54) is 12.0 Å². The van der Waals surface area contributed by atoms with Crippen molar-refractivity contribution in [2.24, 2.45) is 0 Å². The fourth-order valence-corrected chi connectivity index (χ4v) is 1.96. The predicted molar refractivity (Wildman–Crippen MR) is 67.4 cm³/mol. The highest BCUT2D eigenvalue weighted by Gasteiger charge is 2.06. The van der Waals surface area contributed by atoms with Crippen molar-refractivity contribution in [3.63, 3.8) is 0 Å². The Hall–Kier alpha value is -0.890. The van der Waals surface area contributed by atoms with Crippen LogP contribution in [-0.4, -0.2) is 13.6 Å². The first-order valence-corrected chi connectivity index (χ1v) is 6.11. The largest absolute Gasteiger partial charge is 0.320 e. The Kier molecular flexibility index (Phi) is 5.47. The van der Waals surface area contributed by atoms with E-state index in [1.807, 2.05) is 33.0 Å². The maximum Gasteiger partial charge on any atom is 0.129 e. The van der Waals surface area contributed by atoms with Gasteiger partial charge >= 0.3 is 0 Å². The summed E-state index contributed by atoms with van der Waals surface area (Å²) in [5.74, 6) is -0.0264. The van der Waals surface area contributed by atoms with E-state index in [0.29, 0.717) is 0 Å². The van der Waals surface area contributed by atoms with E-state index in [0.717, 1.165) is 36.9 Å². The highest BCUT2D eigenvalue weighted by molar-refractivity contribution is 5.31. The second kappa shape index (κ2) is 6.64. The molecule has 1 nitrogen and oxygen atoms in total.